The molecule has 132 valence electrons. The third-order valence-corrected chi connectivity index (χ3v) is 5.06. The van der Waals surface area contributed by atoms with Crippen molar-refractivity contribution in [3.05, 3.63) is 47.5 Å². The highest BCUT2D eigenvalue weighted by Gasteiger charge is 2.36. The molecule has 1 N–H and O–H groups in total. The van der Waals surface area contributed by atoms with E-state index in [0.29, 0.717) is 17.1 Å². The van der Waals surface area contributed by atoms with Crippen LogP contribution < -0.4 is 19.7 Å². The second kappa shape index (κ2) is 5.76. The van der Waals surface area contributed by atoms with Gasteiger partial charge in [-0.05, 0) is 61.2 Å². The van der Waals surface area contributed by atoms with E-state index in [0.717, 1.165) is 42.7 Å². The molecule has 6 heteroatoms. The second-order valence-electron chi connectivity index (χ2n) is 6.88. The highest BCUT2D eigenvalue weighted by molar-refractivity contribution is 6.05. The number of nitrogens with zero attached hydrogens (tertiary/aromatic N) is 1. The van der Waals surface area contributed by atoms with Gasteiger partial charge >= 0.3 is 0 Å². The Morgan fingerprint density at radius 1 is 1.04 bits per heavy atom. The molecule has 0 unspecified atom stereocenters. The van der Waals surface area contributed by atoms with E-state index in [1.807, 2.05) is 23.1 Å². The summed E-state index contributed by atoms with van der Waals surface area (Å²) in [6, 6.07) is 10.9. The van der Waals surface area contributed by atoms with Crippen molar-refractivity contribution < 1.29 is 19.1 Å². The van der Waals surface area contributed by atoms with Crippen LogP contribution in [0.15, 0.2) is 36.4 Å². The van der Waals surface area contributed by atoms with Crippen molar-refractivity contribution >= 4 is 23.2 Å². The Morgan fingerprint density at radius 2 is 1.88 bits per heavy atom. The molecule has 0 atom stereocenters. The van der Waals surface area contributed by atoms with Gasteiger partial charge in [-0.1, -0.05) is 0 Å². The predicted molar refractivity (Wildman–Crippen MR) is 95.7 cm³/mol. The smallest absolute Gasteiger partial charge is 0.255 e. The molecule has 2 amide bonds. The lowest BCUT2D eigenvalue weighted by Gasteiger charge is -2.17. The molecule has 6 nitrogen and oxygen atoms in total. The van der Waals surface area contributed by atoms with Crippen LogP contribution in [-0.2, 0) is 11.2 Å². The number of rotatable bonds is 3. The minimum atomic E-state index is -0.202. The van der Waals surface area contributed by atoms with Gasteiger partial charge < -0.3 is 19.7 Å². The predicted octanol–water partition coefficient (Wildman–Crippen LogP) is 2.97. The zero-order valence-corrected chi connectivity index (χ0v) is 14.2. The lowest BCUT2D eigenvalue weighted by atomic mass is 10.1. The maximum atomic E-state index is 12.5. The fraction of sp³-hybridized carbons (Fsp3) is 0.300. The molecule has 0 bridgehead atoms. The number of amides is 2. The van der Waals surface area contributed by atoms with Crippen molar-refractivity contribution in [2.75, 3.05) is 23.6 Å². The first-order valence-electron chi connectivity index (χ1n) is 8.84. The topological polar surface area (TPSA) is 67.9 Å². The molecule has 2 heterocycles. The first-order valence-corrected chi connectivity index (χ1v) is 8.84. The van der Waals surface area contributed by atoms with Crippen LogP contribution in [0.4, 0.5) is 11.4 Å². The number of carbonyl (C=O) groups excluding carboxylic acids is 2. The van der Waals surface area contributed by atoms with Crippen LogP contribution in [0, 0.1) is 5.92 Å². The Kier molecular flexibility index (Phi) is 3.38. The molecule has 2 aromatic carbocycles. The van der Waals surface area contributed by atoms with Crippen LogP contribution in [0.5, 0.6) is 11.5 Å². The average Bonchev–Trinajstić information content (AvgIpc) is 3.25. The second-order valence-corrected chi connectivity index (χ2v) is 6.88. The number of anilines is 2. The maximum Gasteiger partial charge on any atom is 0.255 e. The Labute approximate surface area is 150 Å². The van der Waals surface area contributed by atoms with Crippen LogP contribution in [0.3, 0.4) is 0 Å². The molecule has 5 rings (SSSR count). The van der Waals surface area contributed by atoms with E-state index in [-0.39, 0.29) is 24.5 Å². The van der Waals surface area contributed by atoms with E-state index < -0.39 is 0 Å². The summed E-state index contributed by atoms with van der Waals surface area (Å²) in [7, 11) is 0. The maximum absolute atomic E-state index is 12.5. The van der Waals surface area contributed by atoms with Gasteiger partial charge in [0.15, 0.2) is 11.5 Å². The van der Waals surface area contributed by atoms with Gasteiger partial charge in [0, 0.05) is 29.4 Å². The SMILES string of the molecule is O=C(Nc1ccc2c(c1)CCN2C(=O)C1CC1)c1ccc2c(c1)OCO2. The molecular weight excluding hydrogens is 332 g/mol. The highest BCUT2D eigenvalue weighted by atomic mass is 16.7. The summed E-state index contributed by atoms with van der Waals surface area (Å²) in [4.78, 5) is 26.7. The van der Waals surface area contributed by atoms with Crippen molar-refractivity contribution in [2.24, 2.45) is 5.92 Å². The van der Waals surface area contributed by atoms with Gasteiger partial charge in [-0.15, -0.1) is 0 Å². The monoisotopic (exact) mass is 350 g/mol. The summed E-state index contributed by atoms with van der Waals surface area (Å²) in [5, 5.41) is 2.92. The van der Waals surface area contributed by atoms with Crippen LogP contribution in [0.1, 0.15) is 28.8 Å². The third kappa shape index (κ3) is 2.58. The largest absolute Gasteiger partial charge is 0.454 e. The molecule has 0 aromatic heterocycles. The number of carbonyl (C=O) groups is 2. The van der Waals surface area contributed by atoms with Crippen molar-refractivity contribution in [1.29, 1.82) is 0 Å². The lowest BCUT2D eigenvalue weighted by Crippen LogP contribution is -2.30. The molecule has 26 heavy (non-hydrogen) atoms. The molecule has 2 aromatic rings. The van der Waals surface area contributed by atoms with Gasteiger partial charge in [0.05, 0.1) is 0 Å². The number of hydrogen-bond acceptors (Lipinski definition) is 4. The van der Waals surface area contributed by atoms with Gasteiger partial charge in [-0.3, -0.25) is 9.59 Å². The summed E-state index contributed by atoms with van der Waals surface area (Å²) < 4.78 is 10.6. The van der Waals surface area contributed by atoms with Crippen LogP contribution in [-0.4, -0.2) is 25.2 Å². The molecule has 1 saturated carbocycles. The highest BCUT2D eigenvalue weighted by Crippen LogP contribution is 2.37. The van der Waals surface area contributed by atoms with E-state index >= 15 is 0 Å². The third-order valence-electron chi connectivity index (χ3n) is 5.06. The number of hydrogen-bond donors (Lipinski definition) is 1. The fourth-order valence-electron chi connectivity index (χ4n) is 3.50. The van der Waals surface area contributed by atoms with Crippen molar-refractivity contribution in [3.63, 3.8) is 0 Å². The quantitative estimate of drug-likeness (QED) is 0.924. The minimum Gasteiger partial charge on any atom is -0.454 e. The summed E-state index contributed by atoms with van der Waals surface area (Å²) in [5.41, 5.74) is 3.32. The fourth-order valence-corrected chi connectivity index (χ4v) is 3.50. The van der Waals surface area contributed by atoms with E-state index in [1.54, 1.807) is 18.2 Å². The molecular formula is C20H18N2O4. The molecule has 1 aliphatic carbocycles. The number of nitrogens with one attached hydrogen (secondary N) is 1. The Balaban J connectivity index is 1.33. The van der Waals surface area contributed by atoms with E-state index in [9.17, 15) is 9.59 Å². The summed E-state index contributed by atoms with van der Waals surface area (Å²) in [5.74, 6) is 1.49. The Bertz CT molecular complexity index is 920. The zero-order chi connectivity index (χ0) is 17.7. The Morgan fingerprint density at radius 3 is 2.73 bits per heavy atom. The van der Waals surface area contributed by atoms with Crippen LogP contribution in [0.2, 0.25) is 0 Å². The van der Waals surface area contributed by atoms with Gasteiger partial charge in [-0.2, -0.15) is 0 Å². The van der Waals surface area contributed by atoms with Crippen molar-refractivity contribution in [1.82, 2.24) is 0 Å². The number of ether oxygens (including phenoxy) is 2. The van der Waals surface area contributed by atoms with Crippen LogP contribution >= 0.6 is 0 Å². The van der Waals surface area contributed by atoms with Gasteiger partial charge in [0.2, 0.25) is 12.7 Å². The van der Waals surface area contributed by atoms with E-state index in [4.69, 9.17) is 9.47 Å². The summed E-state index contributed by atoms with van der Waals surface area (Å²) >= 11 is 0. The first-order chi connectivity index (χ1) is 12.7. The lowest BCUT2D eigenvalue weighted by molar-refractivity contribution is -0.119. The van der Waals surface area contributed by atoms with Gasteiger partial charge in [-0.25, -0.2) is 0 Å². The molecule has 2 aliphatic heterocycles. The van der Waals surface area contributed by atoms with E-state index in [1.165, 1.54) is 0 Å². The number of fused-ring (bicyclic) bond motifs is 2. The van der Waals surface area contributed by atoms with Crippen LogP contribution in [0.25, 0.3) is 0 Å². The first kappa shape index (κ1) is 15.3. The number of benzene rings is 2. The zero-order valence-electron chi connectivity index (χ0n) is 14.2. The molecule has 1 fully saturated rings. The molecule has 0 saturated heterocycles. The minimum absolute atomic E-state index is 0.182. The Hall–Kier alpha value is -3.02. The van der Waals surface area contributed by atoms with Gasteiger partial charge in [0.25, 0.3) is 5.91 Å². The van der Waals surface area contributed by atoms with Gasteiger partial charge in [0.1, 0.15) is 0 Å². The molecule has 3 aliphatic rings. The average molecular weight is 350 g/mol. The van der Waals surface area contributed by atoms with Crippen molar-refractivity contribution in [2.45, 2.75) is 19.3 Å². The summed E-state index contributed by atoms with van der Waals surface area (Å²) in [6.07, 6.45) is 2.84. The normalized spacial score (nSPS) is 17.2. The molecule has 0 radical (unpaired) electrons. The van der Waals surface area contributed by atoms with E-state index in [2.05, 4.69) is 5.32 Å². The van der Waals surface area contributed by atoms with Crippen molar-refractivity contribution in [3.8, 4) is 11.5 Å². The summed E-state index contributed by atoms with van der Waals surface area (Å²) in [6.45, 7) is 0.908. The molecule has 0 spiro atoms. The standard InChI is InChI=1S/C20H18N2O4/c23-19(14-3-6-17-18(10-14)26-11-25-17)21-15-4-5-16-13(9-15)7-8-22(16)20(24)12-1-2-12/h3-6,9-10,12H,1-2,7-8,11H2,(H,21,23).